The minimum Gasteiger partial charge on any atom is -0.449 e. The molecule has 1 amide bonds. The molecule has 1 N–H and O–H groups in total. The van der Waals surface area contributed by atoms with Crippen molar-refractivity contribution in [2.75, 3.05) is 0 Å². The molecule has 0 aliphatic heterocycles. The Morgan fingerprint density at radius 3 is 2.47 bits per heavy atom. The zero-order valence-electron chi connectivity index (χ0n) is 19.1. The Morgan fingerprint density at radius 1 is 1.22 bits per heavy atom. The number of nitriles is 1. The van der Waals surface area contributed by atoms with Crippen molar-refractivity contribution in [2.45, 2.75) is 46.3 Å². The maximum absolute atomic E-state index is 13.2. The van der Waals surface area contributed by atoms with Crippen LogP contribution in [0.5, 0.6) is 0 Å². The second-order valence-corrected chi connectivity index (χ2v) is 8.33. The molecule has 2 heterocycles. The molecule has 3 rings (SSSR count). The fourth-order valence-electron chi connectivity index (χ4n) is 3.30. The van der Waals surface area contributed by atoms with E-state index >= 15 is 0 Å². The lowest BCUT2D eigenvalue weighted by Crippen LogP contribution is -2.52. The van der Waals surface area contributed by atoms with Gasteiger partial charge in [0.2, 0.25) is 0 Å². The SMILES string of the molecule is Cc1nn(C)c2nc(-c3ccccc3)cc(C(=O)OC(C)C(=O)NC(C)(C#N)C(C)C)c12. The Kier molecular flexibility index (Phi) is 6.30. The summed E-state index contributed by atoms with van der Waals surface area (Å²) in [6.07, 6.45) is -1.09. The first-order valence-electron chi connectivity index (χ1n) is 10.4. The molecule has 2 atom stereocenters. The fourth-order valence-corrected chi connectivity index (χ4v) is 3.30. The van der Waals surface area contributed by atoms with Crippen molar-refractivity contribution in [2.24, 2.45) is 13.0 Å². The third-order valence-electron chi connectivity index (χ3n) is 5.68. The number of hydrogen-bond acceptors (Lipinski definition) is 6. The number of carbonyl (C=O) groups excluding carboxylic acids is 2. The maximum atomic E-state index is 13.2. The number of aromatic nitrogens is 3. The second-order valence-electron chi connectivity index (χ2n) is 8.33. The van der Waals surface area contributed by atoms with Gasteiger partial charge in [0.15, 0.2) is 11.8 Å². The number of hydrogen-bond donors (Lipinski definition) is 1. The molecular formula is C24H27N5O3. The summed E-state index contributed by atoms with van der Waals surface area (Å²) < 4.78 is 7.12. The molecule has 2 unspecified atom stereocenters. The van der Waals surface area contributed by atoms with Crippen molar-refractivity contribution >= 4 is 22.9 Å². The van der Waals surface area contributed by atoms with Crippen LogP contribution < -0.4 is 5.32 Å². The molecule has 3 aromatic rings. The van der Waals surface area contributed by atoms with Gasteiger partial charge in [-0.3, -0.25) is 9.48 Å². The molecule has 166 valence electrons. The summed E-state index contributed by atoms with van der Waals surface area (Å²) in [4.78, 5) is 30.5. The molecule has 32 heavy (non-hydrogen) atoms. The summed E-state index contributed by atoms with van der Waals surface area (Å²) in [6.45, 7) is 8.59. The molecule has 1 aromatic carbocycles. The average Bonchev–Trinajstić information content (AvgIpc) is 3.06. The Balaban J connectivity index is 1.95. The van der Waals surface area contributed by atoms with Gasteiger partial charge in [-0.1, -0.05) is 44.2 Å². The van der Waals surface area contributed by atoms with E-state index in [0.717, 1.165) is 5.56 Å². The van der Waals surface area contributed by atoms with Gasteiger partial charge < -0.3 is 10.1 Å². The van der Waals surface area contributed by atoms with Gasteiger partial charge in [0.1, 0.15) is 5.54 Å². The zero-order chi connectivity index (χ0) is 23.6. The summed E-state index contributed by atoms with van der Waals surface area (Å²) in [6, 6.07) is 13.3. The van der Waals surface area contributed by atoms with E-state index in [4.69, 9.17) is 4.74 Å². The smallest absolute Gasteiger partial charge is 0.339 e. The minimum atomic E-state index is -1.09. The summed E-state index contributed by atoms with van der Waals surface area (Å²) in [5.41, 5.74) is 1.84. The number of amides is 1. The first-order valence-corrected chi connectivity index (χ1v) is 10.4. The maximum Gasteiger partial charge on any atom is 0.339 e. The number of benzene rings is 1. The van der Waals surface area contributed by atoms with Crippen LogP contribution in [-0.4, -0.2) is 38.3 Å². The molecule has 0 saturated carbocycles. The monoisotopic (exact) mass is 433 g/mol. The molecule has 0 aliphatic carbocycles. The van der Waals surface area contributed by atoms with Gasteiger partial charge in [-0.05, 0) is 32.8 Å². The van der Waals surface area contributed by atoms with Crippen LogP contribution in [0.2, 0.25) is 0 Å². The largest absolute Gasteiger partial charge is 0.449 e. The van der Waals surface area contributed by atoms with Gasteiger partial charge >= 0.3 is 5.97 Å². The Labute approximate surface area is 187 Å². The van der Waals surface area contributed by atoms with E-state index in [9.17, 15) is 14.9 Å². The van der Waals surface area contributed by atoms with E-state index in [1.807, 2.05) is 44.2 Å². The lowest BCUT2D eigenvalue weighted by atomic mass is 9.90. The molecule has 8 nitrogen and oxygen atoms in total. The number of carbonyl (C=O) groups is 2. The van der Waals surface area contributed by atoms with E-state index in [1.165, 1.54) is 6.92 Å². The molecule has 2 aromatic heterocycles. The Bertz CT molecular complexity index is 1210. The van der Waals surface area contributed by atoms with Crippen LogP contribution >= 0.6 is 0 Å². The second kappa shape index (κ2) is 8.79. The van der Waals surface area contributed by atoms with Crippen molar-refractivity contribution in [1.82, 2.24) is 20.1 Å². The predicted octanol–water partition coefficient (Wildman–Crippen LogP) is 3.54. The molecule has 0 saturated heterocycles. The van der Waals surface area contributed by atoms with Crippen molar-refractivity contribution in [1.29, 1.82) is 5.26 Å². The number of fused-ring (bicyclic) bond motifs is 1. The summed E-state index contributed by atoms with van der Waals surface area (Å²) >= 11 is 0. The third-order valence-corrected chi connectivity index (χ3v) is 5.68. The molecular weight excluding hydrogens is 406 g/mol. The highest BCUT2D eigenvalue weighted by Crippen LogP contribution is 2.27. The highest BCUT2D eigenvalue weighted by molar-refractivity contribution is 6.05. The number of pyridine rings is 1. The van der Waals surface area contributed by atoms with Gasteiger partial charge in [-0.2, -0.15) is 10.4 Å². The number of rotatable bonds is 6. The van der Waals surface area contributed by atoms with Gasteiger partial charge in [-0.15, -0.1) is 0 Å². The van der Waals surface area contributed by atoms with Crippen LogP contribution in [0.1, 0.15) is 43.7 Å². The standard InChI is InChI=1S/C24H27N5O3/c1-14(2)24(5,13-25)27-22(30)16(4)32-23(31)18-12-19(17-10-8-7-9-11-17)26-21-20(18)15(3)28-29(21)6/h7-12,14,16H,1-6H3,(H,27,30). The van der Waals surface area contributed by atoms with E-state index in [0.29, 0.717) is 22.4 Å². The molecule has 8 heteroatoms. The number of aryl methyl sites for hydroxylation is 2. The minimum absolute atomic E-state index is 0.120. The van der Waals surface area contributed by atoms with Crippen molar-refractivity contribution in [3.8, 4) is 17.3 Å². The topological polar surface area (TPSA) is 110 Å². The van der Waals surface area contributed by atoms with Gasteiger partial charge in [-0.25, -0.2) is 9.78 Å². The van der Waals surface area contributed by atoms with Gasteiger partial charge in [0, 0.05) is 12.6 Å². The van der Waals surface area contributed by atoms with Crippen molar-refractivity contribution in [3.63, 3.8) is 0 Å². The highest BCUT2D eigenvalue weighted by atomic mass is 16.5. The van der Waals surface area contributed by atoms with Crippen LogP contribution in [0.25, 0.3) is 22.3 Å². The summed E-state index contributed by atoms with van der Waals surface area (Å²) in [5.74, 6) is -1.31. The Morgan fingerprint density at radius 2 is 1.88 bits per heavy atom. The summed E-state index contributed by atoms with van der Waals surface area (Å²) in [5, 5.41) is 17.1. The average molecular weight is 434 g/mol. The van der Waals surface area contributed by atoms with E-state index < -0.39 is 23.5 Å². The van der Waals surface area contributed by atoms with E-state index in [2.05, 4.69) is 21.5 Å². The number of esters is 1. The predicted molar refractivity (Wildman–Crippen MR) is 121 cm³/mol. The van der Waals surface area contributed by atoms with Crippen molar-refractivity contribution < 1.29 is 14.3 Å². The van der Waals surface area contributed by atoms with Crippen LogP contribution in [-0.2, 0) is 16.6 Å². The van der Waals surface area contributed by atoms with Gasteiger partial charge in [0.25, 0.3) is 5.91 Å². The molecule has 0 bridgehead atoms. The molecule has 0 spiro atoms. The van der Waals surface area contributed by atoms with E-state index in [1.54, 1.807) is 31.6 Å². The first kappa shape index (κ1) is 22.9. The quantitative estimate of drug-likeness (QED) is 0.596. The first-order chi connectivity index (χ1) is 15.1. The van der Waals surface area contributed by atoms with Crippen LogP contribution in [0, 0.1) is 24.2 Å². The number of ether oxygens (including phenoxy) is 1. The lowest BCUT2D eigenvalue weighted by Gasteiger charge is -2.28. The summed E-state index contributed by atoms with van der Waals surface area (Å²) in [7, 11) is 1.76. The third kappa shape index (κ3) is 4.33. The zero-order valence-corrected chi connectivity index (χ0v) is 19.1. The molecule has 0 radical (unpaired) electrons. The normalized spacial score (nSPS) is 13.9. The highest BCUT2D eigenvalue weighted by Gasteiger charge is 2.33. The van der Waals surface area contributed by atoms with Gasteiger partial charge in [0.05, 0.1) is 28.4 Å². The molecule has 0 aliphatic rings. The van der Waals surface area contributed by atoms with Crippen LogP contribution in [0.4, 0.5) is 0 Å². The van der Waals surface area contributed by atoms with Crippen molar-refractivity contribution in [3.05, 3.63) is 47.7 Å². The van der Waals surface area contributed by atoms with E-state index in [-0.39, 0.29) is 11.5 Å². The Hall–Kier alpha value is -3.73. The fraction of sp³-hybridized carbons (Fsp3) is 0.375. The van der Waals surface area contributed by atoms with Crippen LogP contribution in [0.15, 0.2) is 36.4 Å². The molecule has 0 fully saturated rings. The van der Waals surface area contributed by atoms with Crippen LogP contribution in [0.3, 0.4) is 0 Å². The number of nitrogens with zero attached hydrogens (tertiary/aromatic N) is 4. The lowest BCUT2D eigenvalue weighted by molar-refractivity contribution is -0.130. The number of nitrogens with one attached hydrogen (secondary N) is 1.